The number of nitrogens with two attached hydrogens (primary N) is 1. The van der Waals surface area contributed by atoms with Crippen molar-refractivity contribution in [1.82, 2.24) is 9.78 Å². The summed E-state index contributed by atoms with van der Waals surface area (Å²) in [5.74, 6) is -0.309. The predicted molar refractivity (Wildman–Crippen MR) is 86.8 cm³/mol. The number of nitrogens with one attached hydrogen (secondary N) is 1. The third-order valence-corrected chi connectivity index (χ3v) is 3.90. The molecule has 0 radical (unpaired) electrons. The fourth-order valence-electron chi connectivity index (χ4n) is 2.15. The summed E-state index contributed by atoms with van der Waals surface area (Å²) < 4.78 is 1.28. The van der Waals surface area contributed by atoms with Crippen LogP contribution in [0.1, 0.15) is 22.6 Å². The molecule has 3 N–H and O–H groups in total. The molecular formula is C15H17N3O2S. The average molecular weight is 303 g/mol. The number of benzene rings is 1. The Morgan fingerprint density at radius 2 is 1.86 bits per heavy atom. The first-order valence-electron chi connectivity index (χ1n) is 6.56. The van der Waals surface area contributed by atoms with Crippen molar-refractivity contribution in [3.63, 3.8) is 0 Å². The van der Waals surface area contributed by atoms with E-state index in [4.69, 9.17) is 18.0 Å². The van der Waals surface area contributed by atoms with E-state index in [0.717, 1.165) is 5.56 Å². The molecule has 0 bridgehead atoms. The van der Waals surface area contributed by atoms with Crippen LogP contribution >= 0.6 is 12.2 Å². The van der Waals surface area contributed by atoms with Crippen molar-refractivity contribution in [2.45, 2.75) is 26.3 Å². The second-order valence-corrected chi connectivity index (χ2v) is 5.44. The summed E-state index contributed by atoms with van der Waals surface area (Å²) in [7, 11) is 0. The maximum absolute atomic E-state index is 12.2. The van der Waals surface area contributed by atoms with Gasteiger partial charge in [-0.2, -0.15) is 0 Å². The van der Waals surface area contributed by atoms with E-state index in [9.17, 15) is 9.59 Å². The number of hydrogen-bond acceptors (Lipinski definition) is 3. The first-order valence-corrected chi connectivity index (χ1v) is 6.97. The maximum atomic E-state index is 12.2. The second-order valence-electron chi connectivity index (χ2n) is 4.97. The van der Waals surface area contributed by atoms with E-state index in [0.29, 0.717) is 11.1 Å². The van der Waals surface area contributed by atoms with Gasteiger partial charge in [0.05, 0.1) is 17.5 Å². The minimum absolute atomic E-state index is 0.217. The number of aromatic nitrogens is 2. The summed E-state index contributed by atoms with van der Waals surface area (Å²) in [6.07, 6.45) is 0. The smallest absolute Gasteiger partial charge is 0.268 e. The van der Waals surface area contributed by atoms with Gasteiger partial charge in [-0.25, -0.2) is 4.68 Å². The zero-order valence-electron chi connectivity index (χ0n) is 11.9. The Kier molecular flexibility index (Phi) is 4.37. The van der Waals surface area contributed by atoms with Crippen LogP contribution in [0, 0.1) is 13.8 Å². The fraction of sp³-hybridized carbons (Fsp3) is 0.267. The van der Waals surface area contributed by atoms with Crippen molar-refractivity contribution in [3.05, 3.63) is 67.7 Å². The molecule has 2 aromatic rings. The van der Waals surface area contributed by atoms with Crippen molar-refractivity contribution < 1.29 is 0 Å². The lowest BCUT2D eigenvalue weighted by Gasteiger charge is -2.17. The maximum Gasteiger partial charge on any atom is 0.268 e. The number of thiocarbonyl (C=S) groups is 1. The summed E-state index contributed by atoms with van der Waals surface area (Å²) >= 11 is 5.10. The van der Waals surface area contributed by atoms with E-state index < -0.39 is 0 Å². The van der Waals surface area contributed by atoms with Crippen LogP contribution in [0.15, 0.2) is 39.9 Å². The summed E-state index contributed by atoms with van der Waals surface area (Å²) in [5, 5.41) is 2.57. The van der Waals surface area contributed by atoms with Crippen LogP contribution in [0.25, 0.3) is 0 Å². The molecule has 0 aliphatic heterocycles. The lowest BCUT2D eigenvalue weighted by molar-refractivity contribution is 0.544. The normalized spacial score (nSPS) is 12.1. The van der Waals surface area contributed by atoms with E-state index in [1.54, 1.807) is 13.8 Å². The standard InChI is InChI=1S/C15H17N3O2S/c1-9-10(2)15(20)18(17-14(9)19)8-12(13(16)21)11-6-4-3-5-7-11/h3-7,12H,8H2,1-2H3,(H2,16,21)(H,17,19). The molecule has 110 valence electrons. The van der Waals surface area contributed by atoms with Gasteiger partial charge in [0.15, 0.2) is 0 Å². The summed E-state index contributed by atoms with van der Waals surface area (Å²) in [6.45, 7) is 3.48. The number of nitrogens with zero attached hydrogens (tertiary/aromatic N) is 1. The molecule has 0 spiro atoms. The third-order valence-electron chi connectivity index (χ3n) is 3.62. The average Bonchev–Trinajstić information content (AvgIpc) is 2.48. The van der Waals surface area contributed by atoms with Gasteiger partial charge in [0.2, 0.25) is 0 Å². The molecule has 0 saturated carbocycles. The van der Waals surface area contributed by atoms with E-state index in [1.165, 1.54) is 4.68 Å². The fourth-order valence-corrected chi connectivity index (χ4v) is 2.36. The number of rotatable bonds is 4. The van der Waals surface area contributed by atoms with Gasteiger partial charge in [0.1, 0.15) is 0 Å². The molecule has 21 heavy (non-hydrogen) atoms. The Labute approximate surface area is 127 Å². The van der Waals surface area contributed by atoms with Gasteiger partial charge in [-0.15, -0.1) is 0 Å². The minimum Gasteiger partial charge on any atom is -0.393 e. The molecule has 6 heteroatoms. The molecule has 1 unspecified atom stereocenters. The molecule has 0 fully saturated rings. The van der Waals surface area contributed by atoms with Gasteiger partial charge in [-0.05, 0) is 19.4 Å². The molecule has 0 amide bonds. The van der Waals surface area contributed by atoms with Crippen LogP contribution in [-0.2, 0) is 6.54 Å². The molecule has 1 heterocycles. The molecule has 5 nitrogen and oxygen atoms in total. The Morgan fingerprint density at radius 3 is 2.43 bits per heavy atom. The van der Waals surface area contributed by atoms with Crippen LogP contribution in [0.5, 0.6) is 0 Å². The van der Waals surface area contributed by atoms with Crippen LogP contribution < -0.4 is 16.9 Å². The topological polar surface area (TPSA) is 80.9 Å². The third kappa shape index (κ3) is 3.11. The molecule has 0 aliphatic carbocycles. The minimum atomic E-state index is -0.309. The van der Waals surface area contributed by atoms with E-state index in [-0.39, 0.29) is 28.6 Å². The van der Waals surface area contributed by atoms with E-state index in [1.807, 2.05) is 30.3 Å². The van der Waals surface area contributed by atoms with Gasteiger partial charge >= 0.3 is 0 Å². The highest BCUT2D eigenvalue weighted by Crippen LogP contribution is 2.17. The van der Waals surface area contributed by atoms with Gasteiger partial charge in [0, 0.05) is 11.1 Å². The van der Waals surface area contributed by atoms with Crippen LogP contribution in [-0.4, -0.2) is 14.8 Å². The summed E-state index contributed by atoms with van der Waals surface area (Å²) in [6, 6.07) is 9.45. The molecule has 1 aromatic carbocycles. The Bertz CT molecular complexity index is 778. The van der Waals surface area contributed by atoms with Gasteiger partial charge in [-0.1, -0.05) is 42.5 Å². The summed E-state index contributed by atoms with van der Waals surface area (Å²) in [5.41, 5.74) is 7.07. The monoisotopic (exact) mass is 303 g/mol. The zero-order valence-corrected chi connectivity index (χ0v) is 12.7. The van der Waals surface area contributed by atoms with Crippen molar-refractivity contribution in [2.24, 2.45) is 5.73 Å². The first kappa shape index (κ1) is 15.2. The quantitative estimate of drug-likeness (QED) is 0.832. The first-order chi connectivity index (χ1) is 9.91. The van der Waals surface area contributed by atoms with Crippen molar-refractivity contribution in [3.8, 4) is 0 Å². The van der Waals surface area contributed by atoms with Crippen LogP contribution in [0.3, 0.4) is 0 Å². The molecule has 1 aromatic heterocycles. The second kappa shape index (κ2) is 6.05. The molecule has 0 aliphatic rings. The molecular weight excluding hydrogens is 286 g/mol. The lowest BCUT2D eigenvalue weighted by atomic mass is 9.99. The van der Waals surface area contributed by atoms with Crippen LogP contribution in [0.2, 0.25) is 0 Å². The Hall–Kier alpha value is -2.21. The predicted octanol–water partition coefficient (Wildman–Crippen LogP) is 1.22. The Morgan fingerprint density at radius 1 is 1.24 bits per heavy atom. The van der Waals surface area contributed by atoms with Crippen LogP contribution in [0.4, 0.5) is 0 Å². The van der Waals surface area contributed by atoms with Gasteiger partial charge < -0.3 is 5.73 Å². The number of aromatic amines is 1. The molecule has 1 atom stereocenters. The molecule has 0 saturated heterocycles. The lowest BCUT2D eigenvalue weighted by Crippen LogP contribution is -2.36. The summed E-state index contributed by atoms with van der Waals surface area (Å²) in [4.78, 5) is 24.3. The van der Waals surface area contributed by atoms with Crippen molar-refractivity contribution in [1.29, 1.82) is 0 Å². The SMILES string of the molecule is Cc1c(C)c(=O)n(CC(C(N)=S)c2ccccc2)[nH]c1=O. The van der Waals surface area contributed by atoms with Crippen molar-refractivity contribution >= 4 is 17.2 Å². The highest BCUT2D eigenvalue weighted by molar-refractivity contribution is 7.80. The highest BCUT2D eigenvalue weighted by atomic mass is 32.1. The largest absolute Gasteiger partial charge is 0.393 e. The zero-order chi connectivity index (χ0) is 15.6. The van der Waals surface area contributed by atoms with E-state index >= 15 is 0 Å². The Balaban J connectivity index is 2.47. The van der Waals surface area contributed by atoms with Gasteiger partial charge in [-0.3, -0.25) is 14.7 Å². The van der Waals surface area contributed by atoms with E-state index in [2.05, 4.69) is 5.10 Å². The van der Waals surface area contributed by atoms with Crippen molar-refractivity contribution in [2.75, 3.05) is 0 Å². The van der Waals surface area contributed by atoms with Gasteiger partial charge in [0.25, 0.3) is 11.1 Å². The number of H-pyrrole nitrogens is 1. The molecule has 2 rings (SSSR count). The number of hydrogen-bond donors (Lipinski definition) is 2. The highest BCUT2D eigenvalue weighted by Gasteiger charge is 2.17.